The third-order valence-electron chi connectivity index (χ3n) is 4.92. The van der Waals surface area contributed by atoms with Gasteiger partial charge in [-0.3, -0.25) is 14.4 Å². The van der Waals surface area contributed by atoms with Crippen LogP contribution in [0.25, 0.3) is 11.1 Å². The van der Waals surface area contributed by atoms with Gasteiger partial charge < -0.3 is 10.2 Å². The topological polar surface area (TPSA) is 66.5 Å². The summed E-state index contributed by atoms with van der Waals surface area (Å²) < 4.78 is 0. The molecule has 1 saturated heterocycles. The van der Waals surface area contributed by atoms with Gasteiger partial charge in [0, 0.05) is 43.1 Å². The van der Waals surface area contributed by atoms with Crippen molar-refractivity contribution in [1.82, 2.24) is 10.2 Å². The predicted molar refractivity (Wildman–Crippen MR) is 105 cm³/mol. The Kier molecular flexibility index (Phi) is 5.69. The van der Waals surface area contributed by atoms with Crippen LogP contribution in [0.3, 0.4) is 0 Å². The number of ketones is 1. The molecule has 5 heteroatoms. The van der Waals surface area contributed by atoms with Crippen molar-refractivity contribution in [1.29, 1.82) is 0 Å². The zero-order chi connectivity index (χ0) is 19.4. The van der Waals surface area contributed by atoms with Crippen molar-refractivity contribution in [2.75, 3.05) is 13.1 Å². The van der Waals surface area contributed by atoms with Crippen molar-refractivity contribution in [3.63, 3.8) is 0 Å². The van der Waals surface area contributed by atoms with Crippen LogP contribution in [0, 0.1) is 0 Å². The molecule has 140 valence electrons. The lowest BCUT2D eigenvalue weighted by molar-refractivity contribution is -0.120. The molecule has 0 aliphatic carbocycles. The van der Waals surface area contributed by atoms with E-state index < -0.39 is 0 Å². The minimum Gasteiger partial charge on any atom is -0.354 e. The molecule has 2 amide bonds. The van der Waals surface area contributed by atoms with Gasteiger partial charge in [-0.2, -0.15) is 0 Å². The van der Waals surface area contributed by atoms with Gasteiger partial charge >= 0.3 is 0 Å². The molecule has 0 radical (unpaired) electrons. The van der Waals surface area contributed by atoms with Gasteiger partial charge in [0.05, 0.1) is 0 Å². The molecule has 0 saturated carbocycles. The number of carbonyl (C=O) groups is 3. The summed E-state index contributed by atoms with van der Waals surface area (Å²) in [6.45, 7) is 4.66. The van der Waals surface area contributed by atoms with E-state index >= 15 is 0 Å². The summed E-state index contributed by atoms with van der Waals surface area (Å²) >= 11 is 0. The molecule has 1 heterocycles. The van der Waals surface area contributed by atoms with Gasteiger partial charge in [0.2, 0.25) is 5.91 Å². The average Bonchev–Trinajstić information content (AvgIpc) is 2.88. The molecule has 5 nitrogen and oxygen atoms in total. The Morgan fingerprint density at radius 1 is 1.07 bits per heavy atom. The van der Waals surface area contributed by atoms with Crippen LogP contribution in [0.4, 0.5) is 0 Å². The molecule has 1 unspecified atom stereocenters. The molecule has 27 heavy (non-hydrogen) atoms. The van der Waals surface area contributed by atoms with Gasteiger partial charge in [0.1, 0.15) is 0 Å². The average molecular weight is 364 g/mol. The van der Waals surface area contributed by atoms with Gasteiger partial charge in [-0.1, -0.05) is 37.3 Å². The monoisotopic (exact) mass is 364 g/mol. The number of benzene rings is 2. The second-order valence-electron chi connectivity index (χ2n) is 6.84. The van der Waals surface area contributed by atoms with Crippen LogP contribution in [0.2, 0.25) is 0 Å². The summed E-state index contributed by atoms with van der Waals surface area (Å²) in [5.41, 5.74) is 3.06. The first-order valence-electron chi connectivity index (χ1n) is 9.31. The highest BCUT2D eigenvalue weighted by Crippen LogP contribution is 2.23. The maximum atomic E-state index is 13.0. The Morgan fingerprint density at radius 2 is 1.70 bits per heavy atom. The van der Waals surface area contributed by atoms with Crippen molar-refractivity contribution in [3.05, 3.63) is 59.7 Å². The molecule has 0 bridgehead atoms. The van der Waals surface area contributed by atoms with E-state index in [-0.39, 0.29) is 23.6 Å². The number of carbonyl (C=O) groups excluding carboxylic acids is 3. The Labute approximate surface area is 159 Å². The number of hydrogen-bond donors (Lipinski definition) is 1. The Morgan fingerprint density at radius 3 is 2.37 bits per heavy atom. The van der Waals surface area contributed by atoms with E-state index in [1.807, 2.05) is 56.3 Å². The summed E-state index contributed by atoms with van der Waals surface area (Å²) in [6, 6.07) is 14.8. The first-order chi connectivity index (χ1) is 13.0. The lowest BCUT2D eigenvalue weighted by Gasteiger charge is -2.26. The second-order valence-corrected chi connectivity index (χ2v) is 6.84. The number of amides is 2. The number of nitrogens with one attached hydrogen (secondary N) is 1. The Hall–Kier alpha value is -2.95. The Balaban J connectivity index is 1.88. The largest absolute Gasteiger partial charge is 0.354 e. The van der Waals surface area contributed by atoms with Crippen LogP contribution in [-0.2, 0) is 4.79 Å². The van der Waals surface area contributed by atoms with Crippen LogP contribution in [0.5, 0.6) is 0 Å². The molecule has 1 atom stereocenters. The number of nitrogens with zero attached hydrogens (tertiary/aromatic N) is 1. The normalized spacial score (nSPS) is 17.2. The molecule has 0 spiro atoms. The maximum Gasteiger partial charge on any atom is 0.254 e. The summed E-state index contributed by atoms with van der Waals surface area (Å²) in [7, 11) is 0. The van der Waals surface area contributed by atoms with Crippen LogP contribution in [0.1, 0.15) is 47.4 Å². The molecule has 1 aliphatic rings. The van der Waals surface area contributed by atoms with Gasteiger partial charge in [-0.25, -0.2) is 0 Å². The van der Waals surface area contributed by atoms with Gasteiger partial charge in [0.15, 0.2) is 5.78 Å². The standard InChI is InChI=1S/C22H24N2O3/c1-3-20(25)18-8-4-6-16(12-18)17-7-5-9-19(13-17)22(27)24-11-10-21(26)23-14-15(24)2/h4-9,12-13,15H,3,10-11,14H2,1-2H3,(H,23,26). The van der Waals surface area contributed by atoms with Crippen LogP contribution >= 0.6 is 0 Å². The van der Waals surface area contributed by atoms with Crippen molar-refractivity contribution in [2.45, 2.75) is 32.7 Å². The van der Waals surface area contributed by atoms with E-state index in [1.165, 1.54) is 0 Å². The van der Waals surface area contributed by atoms with E-state index in [1.54, 1.807) is 11.0 Å². The molecule has 1 aliphatic heterocycles. The van der Waals surface area contributed by atoms with E-state index in [0.717, 1.165) is 11.1 Å². The van der Waals surface area contributed by atoms with Crippen LogP contribution in [-0.4, -0.2) is 41.6 Å². The molecular weight excluding hydrogens is 340 g/mol. The van der Waals surface area contributed by atoms with Gasteiger partial charge in [-0.05, 0) is 36.2 Å². The first-order valence-corrected chi connectivity index (χ1v) is 9.31. The smallest absolute Gasteiger partial charge is 0.254 e. The molecular formula is C22H24N2O3. The van der Waals surface area contributed by atoms with Crippen molar-refractivity contribution in [3.8, 4) is 11.1 Å². The molecule has 0 aromatic heterocycles. The lowest BCUT2D eigenvalue weighted by atomic mass is 9.98. The van der Waals surface area contributed by atoms with Crippen molar-refractivity contribution in [2.24, 2.45) is 0 Å². The summed E-state index contributed by atoms with van der Waals surface area (Å²) in [4.78, 5) is 38.3. The minimum absolute atomic E-state index is 0.0247. The van der Waals surface area contributed by atoms with Gasteiger partial charge in [-0.15, -0.1) is 0 Å². The lowest BCUT2D eigenvalue weighted by Crippen LogP contribution is -2.41. The highest BCUT2D eigenvalue weighted by atomic mass is 16.2. The van der Waals surface area contributed by atoms with Crippen molar-refractivity contribution >= 4 is 17.6 Å². The molecule has 3 rings (SSSR count). The summed E-state index contributed by atoms with van der Waals surface area (Å²) in [5, 5.41) is 2.83. The van der Waals surface area contributed by atoms with Crippen molar-refractivity contribution < 1.29 is 14.4 Å². The Bertz CT molecular complexity index is 875. The summed E-state index contributed by atoms with van der Waals surface area (Å²) in [6.07, 6.45) is 0.776. The maximum absolute atomic E-state index is 13.0. The van der Waals surface area contributed by atoms with Crippen LogP contribution < -0.4 is 5.32 Å². The first kappa shape index (κ1) is 18.8. The second kappa shape index (κ2) is 8.16. The fraction of sp³-hybridized carbons (Fsp3) is 0.318. The van der Waals surface area contributed by atoms with Crippen LogP contribution in [0.15, 0.2) is 48.5 Å². The molecule has 2 aromatic carbocycles. The van der Waals surface area contributed by atoms with E-state index in [0.29, 0.717) is 37.1 Å². The SMILES string of the molecule is CCC(=O)c1cccc(-c2cccc(C(=O)N3CCC(=O)NCC3C)c2)c1. The third-order valence-corrected chi connectivity index (χ3v) is 4.92. The number of rotatable bonds is 4. The molecule has 2 aromatic rings. The highest BCUT2D eigenvalue weighted by Gasteiger charge is 2.25. The minimum atomic E-state index is -0.0818. The molecule has 1 N–H and O–H groups in total. The number of hydrogen-bond acceptors (Lipinski definition) is 3. The van der Waals surface area contributed by atoms with E-state index in [2.05, 4.69) is 5.32 Å². The zero-order valence-electron chi connectivity index (χ0n) is 15.7. The van der Waals surface area contributed by atoms with Gasteiger partial charge in [0.25, 0.3) is 5.91 Å². The number of Topliss-reactive ketones (excluding diaryl/α,β-unsaturated/α-hetero) is 1. The molecule has 1 fully saturated rings. The van der Waals surface area contributed by atoms with E-state index in [4.69, 9.17) is 0 Å². The fourth-order valence-electron chi connectivity index (χ4n) is 3.28. The van der Waals surface area contributed by atoms with E-state index in [9.17, 15) is 14.4 Å². The predicted octanol–water partition coefficient (Wildman–Crippen LogP) is 3.30. The summed E-state index contributed by atoms with van der Waals surface area (Å²) in [5.74, 6) is -0.00964. The zero-order valence-corrected chi connectivity index (χ0v) is 15.7. The third kappa shape index (κ3) is 4.25. The highest BCUT2D eigenvalue weighted by molar-refractivity contribution is 5.98. The quantitative estimate of drug-likeness (QED) is 0.847. The fourth-order valence-corrected chi connectivity index (χ4v) is 3.28.